The van der Waals surface area contributed by atoms with Crippen LogP contribution >= 0.6 is 0 Å². The van der Waals surface area contributed by atoms with Gasteiger partial charge in [0.15, 0.2) is 11.5 Å². The number of rotatable bonds is 6. The highest BCUT2D eigenvalue weighted by Crippen LogP contribution is 2.44. The molecule has 0 aromatic heterocycles. The summed E-state index contributed by atoms with van der Waals surface area (Å²) >= 11 is 0. The zero-order valence-corrected chi connectivity index (χ0v) is 14.3. The van der Waals surface area contributed by atoms with Crippen LogP contribution in [0.1, 0.15) is 31.4 Å². The summed E-state index contributed by atoms with van der Waals surface area (Å²) in [5.41, 5.74) is 2.52. The zero-order chi connectivity index (χ0) is 17.0. The monoisotopic (exact) mass is 321 g/mol. The quantitative estimate of drug-likeness (QED) is 0.753. The molecular formula is C17H23NO5. The highest BCUT2D eigenvalue weighted by Gasteiger charge is 2.28. The first-order valence-corrected chi connectivity index (χ1v) is 7.60. The van der Waals surface area contributed by atoms with Gasteiger partial charge >= 0.3 is 5.97 Å². The molecule has 2 rings (SSSR count). The Morgan fingerprint density at radius 2 is 1.91 bits per heavy atom. The van der Waals surface area contributed by atoms with E-state index in [1.165, 1.54) is 0 Å². The Balaban J connectivity index is 2.54. The van der Waals surface area contributed by atoms with Gasteiger partial charge in [0.25, 0.3) is 0 Å². The second kappa shape index (κ2) is 7.35. The summed E-state index contributed by atoms with van der Waals surface area (Å²) in [4.78, 5) is 16.5. The van der Waals surface area contributed by atoms with Gasteiger partial charge in [-0.25, -0.2) is 0 Å². The van der Waals surface area contributed by atoms with E-state index in [-0.39, 0.29) is 18.4 Å². The number of esters is 1. The minimum absolute atomic E-state index is 0.0546. The number of carbonyl (C=O) groups is 1. The molecule has 0 saturated heterocycles. The molecule has 0 fully saturated rings. The highest BCUT2D eigenvalue weighted by molar-refractivity contribution is 6.11. The van der Waals surface area contributed by atoms with Crippen LogP contribution in [0.2, 0.25) is 0 Å². The third kappa shape index (κ3) is 3.41. The molecular weight excluding hydrogens is 298 g/mol. The van der Waals surface area contributed by atoms with E-state index < -0.39 is 0 Å². The molecule has 0 spiro atoms. The van der Waals surface area contributed by atoms with Crippen LogP contribution in [0.4, 0.5) is 0 Å². The molecule has 6 heteroatoms. The lowest BCUT2D eigenvalue weighted by Gasteiger charge is -2.25. The average Bonchev–Trinajstić information content (AvgIpc) is 2.53. The molecule has 6 nitrogen and oxygen atoms in total. The number of hydrogen-bond donors (Lipinski definition) is 0. The number of nitrogens with zero attached hydrogens (tertiary/aromatic N) is 1. The number of fused-ring (bicyclic) bond motifs is 1. The minimum Gasteiger partial charge on any atom is -0.493 e. The van der Waals surface area contributed by atoms with Crippen molar-refractivity contribution in [2.75, 3.05) is 27.9 Å². The lowest BCUT2D eigenvalue weighted by Crippen LogP contribution is -2.23. The molecule has 1 atom stereocenters. The van der Waals surface area contributed by atoms with Gasteiger partial charge in [0.1, 0.15) is 0 Å². The van der Waals surface area contributed by atoms with Crippen molar-refractivity contribution in [1.82, 2.24) is 0 Å². The highest BCUT2D eigenvalue weighted by atomic mass is 16.5. The molecule has 126 valence electrons. The van der Waals surface area contributed by atoms with Crippen molar-refractivity contribution in [3.05, 3.63) is 17.2 Å². The van der Waals surface area contributed by atoms with Gasteiger partial charge in [0.2, 0.25) is 5.75 Å². The third-order valence-corrected chi connectivity index (χ3v) is 3.74. The van der Waals surface area contributed by atoms with Crippen molar-refractivity contribution >= 4 is 11.7 Å². The first-order chi connectivity index (χ1) is 11.0. The molecule has 1 aromatic rings. The van der Waals surface area contributed by atoms with Crippen LogP contribution < -0.4 is 14.2 Å². The maximum atomic E-state index is 11.9. The van der Waals surface area contributed by atoms with E-state index in [1.54, 1.807) is 28.3 Å². The average molecular weight is 321 g/mol. The topological polar surface area (TPSA) is 66.4 Å². The van der Waals surface area contributed by atoms with Gasteiger partial charge in [-0.1, -0.05) is 0 Å². The second-order valence-electron chi connectivity index (χ2n) is 5.28. The van der Waals surface area contributed by atoms with Crippen molar-refractivity contribution in [3.8, 4) is 17.2 Å². The summed E-state index contributed by atoms with van der Waals surface area (Å²) in [5.74, 6) is 1.44. The molecule has 0 N–H and O–H groups in total. The zero-order valence-electron chi connectivity index (χ0n) is 14.3. The van der Waals surface area contributed by atoms with Crippen molar-refractivity contribution in [3.63, 3.8) is 0 Å². The minimum atomic E-state index is -0.292. The molecule has 0 aliphatic carbocycles. The van der Waals surface area contributed by atoms with E-state index in [9.17, 15) is 4.79 Å². The molecule has 1 heterocycles. The molecule has 0 bridgehead atoms. The number of aliphatic imine (C=N–C) groups is 1. The van der Waals surface area contributed by atoms with Crippen molar-refractivity contribution < 1.29 is 23.7 Å². The third-order valence-electron chi connectivity index (χ3n) is 3.74. The molecule has 23 heavy (non-hydrogen) atoms. The summed E-state index contributed by atoms with van der Waals surface area (Å²) in [5, 5.41) is 0. The van der Waals surface area contributed by atoms with Gasteiger partial charge in [-0.15, -0.1) is 0 Å². The molecule has 1 aliphatic heterocycles. The summed E-state index contributed by atoms with van der Waals surface area (Å²) in [6.45, 7) is 4.14. The Labute approximate surface area is 136 Å². The SMILES string of the molecule is CCOC(=O)CC1=NC(C)Cc2c1cc(OC)c(OC)c2OC. The number of benzene rings is 1. The number of ether oxygens (including phenoxy) is 4. The predicted octanol–water partition coefficient (Wildman–Crippen LogP) is 2.40. The van der Waals surface area contributed by atoms with Gasteiger partial charge in [0.05, 0.1) is 46.1 Å². The first kappa shape index (κ1) is 17.1. The summed E-state index contributed by atoms with van der Waals surface area (Å²) in [7, 11) is 4.74. The molecule has 1 unspecified atom stereocenters. The van der Waals surface area contributed by atoms with Crippen LogP contribution in [-0.2, 0) is 16.0 Å². The molecule has 0 amide bonds. The van der Waals surface area contributed by atoms with Crippen LogP contribution in [0.15, 0.2) is 11.1 Å². The summed E-state index contributed by atoms with van der Waals surface area (Å²) in [6.07, 6.45) is 0.842. The lowest BCUT2D eigenvalue weighted by molar-refractivity contribution is -0.141. The fourth-order valence-electron chi connectivity index (χ4n) is 2.84. The molecule has 0 radical (unpaired) electrons. The molecule has 0 saturated carbocycles. The van der Waals surface area contributed by atoms with Crippen molar-refractivity contribution in [2.45, 2.75) is 32.7 Å². The number of hydrogen-bond acceptors (Lipinski definition) is 6. The summed E-state index contributed by atoms with van der Waals surface area (Å²) < 4.78 is 21.4. The van der Waals surface area contributed by atoms with Crippen LogP contribution in [0.3, 0.4) is 0 Å². The Kier molecular flexibility index (Phi) is 5.47. The lowest BCUT2D eigenvalue weighted by atomic mass is 9.91. The second-order valence-corrected chi connectivity index (χ2v) is 5.28. The van der Waals surface area contributed by atoms with E-state index in [0.717, 1.165) is 11.1 Å². The fourth-order valence-corrected chi connectivity index (χ4v) is 2.84. The normalized spacial score (nSPS) is 16.2. The smallest absolute Gasteiger partial charge is 0.311 e. The van der Waals surface area contributed by atoms with Crippen molar-refractivity contribution in [1.29, 1.82) is 0 Å². The Bertz CT molecular complexity index is 624. The Morgan fingerprint density at radius 3 is 2.48 bits per heavy atom. The number of methoxy groups -OCH3 is 3. The summed E-state index contributed by atoms with van der Waals surface area (Å²) in [6, 6.07) is 1.90. The van der Waals surface area contributed by atoms with E-state index in [2.05, 4.69) is 4.99 Å². The van der Waals surface area contributed by atoms with Crippen LogP contribution in [0.25, 0.3) is 0 Å². The molecule has 1 aliphatic rings. The fraction of sp³-hybridized carbons (Fsp3) is 0.529. The van der Waals surface area contributed by atoms with Crippen LogP contribution in [0, 0.1) is 0 Å². The Hall–Kier alpha value is -2.24. The van der Waals surface area contributed by atoms with Gasteiger partial charge in [0, 0.05) is 11.1 Å². The maximum Gasteiger partial charge on any atom is 0.311 e. The van der Waals surface area contributed by atoms with E-state index >= 15 is 0 Å². The predicted molar refractivity (Wildman–Crippen MR) is 87.1 cm³/mol. The van der Waals surface area contributed by atoms with Gasteiger partial charge < -0.3 is 18.9 Å². The van der Waals surface area contributed by atoms with Gasteiger partial charge in [-0.2, -0.15) is 0 Å². The van der Waals surface area contributed by atoms with Gasteiger partial charge in [-0.05, 0) is 26.3 Å². The van der Waals surface area contributed by atoms with Crippen LogP contribution in [-0.4, -0.2) is 45.7 Å². The molecule has 1 aromatic carbocycles. The van der Waals surface area contributed by atoms with E-state index in [0.29, 0.717) is 36.0 Å². The van der Waals surface area contributed by atoms with Crippen LogP contribution in [0.5, 0.6) is 17.2 Å². The van der Waals surface area contributed by atoms with Crippen molar-refractivity contribution in [2.24, 2.45) is 4.99 Å². The van der Waals surface area contributed by atoms with E-state index in [1.807, 2.05) is 13.0 Å². The van der Waals surface area contributed by atoms with Gasteiger partial charge in [-0.3, -0.25) is 9.79 Å². The standard InChI is InChI=1S/C17H23NO5/c1-6-23-15(19)9-13-11-8-14(20-3)17(22-5)16(21-4)12(11)7-10(2)18-13/h8,10H,6-7,9H2,1-5H3. The largest absolute Gasteiger partial charge is 0.493 e. The van der Waals surface area contributed by atoms with E-state index in [4.69, 9.17) is 18.9 Å². The maximum absolute atomic E-state index is 11.9. The first-order valence-electron chi connectivity index (χ1n) is 7.60. The Morgan fingerprint density at radius 1 is 1.22 bits per heavy atom. The number of carbonyl (C=O) groups excluding carboxylic acids is 1.